The maximum Gasteiger partial charge on any atom is 0.191 e. The van der Waals surface area contributed by atoms with E-state index in [1.807, 2.05) is 12.1 Å². The molecule has 0 aromatic heterocycles. The third kappa shape index (κ3) is 7.13. The number of nitrogens with one attached hydrogen (secondary N) is 2. The van der Waals surface area contributed by atoms with Crippen LogP contribution in [-0.4, -0.2) is 50.8 Å². The molecule has 0 unspecified atom stereocenters. The van der Waals surface area contributed by atoms with Crippen molar-refractivity contribution >= 4 is 29.9 Å². The Balaban J connectivity index is 0.00000306. The van der Waals surface area contributed by atoms with E-state index in [1.165, 1.54) is 37.1 Å². The molecule has 2 heterocycles. The Labute approximate surface area is 214 Å². The Morgan fingerprint density at radius 1 is 0.970 bits per heavy atom. The van der Waals surface area contributed by atoms with E-state index in [-0.39, 0.29) is 35.2 Å². The molecule has 2 aliphatic rings. The van der Waals surface area contributed by atoms with Gasteiger partial charge in [-0.1, -0.05) is 36.4 Å². The summed E-state index contributed by atoms with van der Waals surface area (Å²) in [4.78, 5) is 6.93. The van der Waals surface area contributed by atoms with Crippen LogP contribution in [0.15, 0.2) is 53.5 Å². The van der Waals surface area contributed by atoms with Gasteiger partial charge in [0.15, 0.2) is 5.96 Å². The summed E-state index contributed by atoms with van der Waals surface area (Å²) in [5.41, 5.74) is 3.68. The Bertz CT molecular complexity index is 876. The monoisotopic (exact) mass is 566 g/mol. The van der Waals surface area contributed by atoms with Crippen LogP contribution in [0.1, 0.15) is 42.4 Å². The maximum atomic E-state index is 13.5. The zero-order valence-electron chi connectivity index (χ0n) is 19.5. The van der Waals surface area contributed by atoms with Crippen molar-refractivity contribution in [2.24, 2.45) is 4.99 Å². The maximum absolute atomic E-state index is 13.5. The van der Waals surface area contributed by atoms with Gasteiger partial charge in [-0.2, -0.15) is 0 Å². The van der Waals surface area contributed by atoms with E-state index in [0.717, 1.165) is 57.2 Å². The summed E-state index contributed by atoms with van der Waals surface area (Å²) >= 11 is 0. The number of halogens is 2. The van der Waals surface area contributed by atoms with Crippen molar-refractivity contribution in [1.29, 1.82) is 0 Å². The number of likely N-dealkylation sites (tertiary alicyclic amines) is 1. The zero-order valence-corrected chi connectivity index (χ0v) is 21.8. The normalized spacial score (nSPS) is 18.5. The fourth-order valence-corrected chi connectivity index (χ4v) is 4.75. The van der Waals surface area contributed by atoms with E-state index >= 15 is 0 Å². The molecule has 33 heavy (non-hydrogen) atoms. The summed E-state index contributed by atoms with van der Waals surface area (Å²) in [6, 6.07) is 15.8. The molecule has 0 spiro atoms. The van der Waals surface area contributed by atoms with Gasteiger partial charge in [0.2, 0.25) is 0 Å². The molecule has 0 bridgehead atoms. The quantitative estimate of drug-likeness (QED) is 0.296. The highest BCUT2D eigenvalue weighted by Gasteiger charge is 2.34. The highest BCUT2D eigenvalue weighted by atomic mass is 127. The summed E-state index contributed by atoms with van der Waals surface area (Å²) in [5, 5.41) is 6.94. The number of rotatable bonds is 7. The van der Waals surface area contributed by atoms with E-state index in [2.05, 4.69) is 44.8 Å². The molecular weight excluding hydrogens is 530 g/mol. The fourth-order valence-electron chi connectivity index (χ4n) is 4.75. The third-order valence-electron chi connectivity index (χ3n) is 6.81. The molecule has 0 amide bonds. The van der Waals surface area contributed by atoms with Crippen LogP contribution in [0, 0.1) is 5.82 Å². The third-order valence-corrected chi connectivity index (χ3v) is 6.81. The van der Waals surface area contributed by atoms with Crippen LogP contribution in [0.2, 0.25) is 0 Å². The lowest BCUT2D eigenvalue weighted by molar-refractivity contribution is 0.0513. The standard InChI is InChI=1S/C26H35FN4O.HI/c1-28-25(29-18-21-4-6-22(7-5-21)19-31-14-2-3-15-31)30-20-26(12-16-32-17-13-26)23-8-10-24(27)11-9-23;/h4-11H,2-3,12-20H2,1H3,(H2,28,29,30);1H. The summed E-state index contributed by atoms with van der Waals surface area (Å²) in [6.07, 6.45) is 4.45. The minimum atomic E-state index is -0.201. The number of hydrogen-bond acceptors (Lipinski definition) is 3. The van der Waals surface area contributed by atoms with Gasteiger partial charge >= 0.3 is 0 Å². The first-order valence-electron chi connectivity index (χ1n) is 11.8. The van der Waals surface area contributed by atoms with Gasteiger partial charge in [-0.3, -0.25) is 9.89 Å². The second-order valence-electron chi connectivity index (χ2n) is 8.98. The predicted molar refractivity (Wildman–Crippen MR) is 143 cm³/mol. The second kappa shape index (κ2) is 12.7. The molecule has 2 aromatic carbocycles. The van der Waals surface area contributed by atoms with E-state index in [0.29, 0.717) is 0 Å². The number of aliphatic imine (C=N–C) groups is 1. The average Bonchev–Trinajstić information content (AvgIpc) is 3.34. The topological polar surface area (TPSA) is 48.9 Å². The second-order valence-corrected chi connectivity index (χ2v) is 8.98. The minimum absolute atomic E-state index is 0. The molecule has 2 aliphatic heterocycles. The highest BCUT2D eigenvalue weighted by Crippen LogP contribution is 2.34. The Hall–Kier alpha value is -1.71. The van der Waals surface area contributed by atoms with Crippen molar-refractivity contribution in [1.82, 2.24) is 15.5 Å². The molecule has 4 rings (SSSR count). The van der Waals surface area contributed by atoms with Gasteiger partial charge in [0.05, 0.1) is 0 Å². The van der Waals surface area contributed by atoms with Crippen molar-refractivity contribution in [2.75, 3.05) is 39.9 Å². The van der Waals surface area contributed by atoms with E-state index in [4.69, 9.17) is 4.74 Å². The Morgan fingerprint density at radius 2 is 1.61 bits per heavy atom. The first-order valence-corrected chi connectivity index (χ1v) is 11.8. The summed E-state index contributed by atoms with van der Waals surface area (Å²) in [7, 11) is 1.79. The van der Waals surface area contributed by atoms with Gasteiger partial charge in [-0.05, 0) is 67.6 Å². The van der Waals surface area contributed by atoms with E-state index < -0.39 is 0 Å². The lowest BCUT2D eigenvalue weighted by Gasteiger charge is -2.38. The molecule has 2 saturated heterocycles. The molecular formula is C26H36FIN4O. The first-order chi connectivity index (χ1) is 15.7. The molecule has 2 fully saturated rings. The van der Waals surface area contributed by atoms with Crippen LogP contribution >= 0.6 is 24.0 Å². The van der Waals surface area contributed by atoms with Crippen molar-refractivity contribution in [3.05, 3.63) is 71.0 Å². The molecule has 0 saturated carbocycles. The number of ether oxygens (including phenoxy) is 1. The van der Waals surface area contributed by atoms with Crippen molar-refractivity contribution < 1.29 is 9.13 Å². The van der Waals surface area contributed by atoms with Crippen LogP contribution in [0.4, 0.5) is 4.39 Å². The number of benzene rings is 2. The number of nitrogens with zero attached hydrogens (tertiary/aromatic N) is 2. The van der Waals surface area contributed by atoms with Gasteiger partial charge < -0.3 is 15.4 Å². The summed E-state index contributed by atoms with van der Waals surface area (Å²) < 4.78 is 19.1. The zero-order chi connectivity index (χ0) is 22.2. The number of hydrogen-bond donors (Lipinski definition) is 2. The van der Waals surface area contributed by atoms with Gasteiger partial charge in [0, 0.05) is 45.3 Å². The lowest BCUT2D eigenvalue weighted by atomic mass is 9.74. The van der Waals surface area contributed by atoms with Crippen LogP contribution in [-0.2, 0) is 23.2 Å². The SMILES string of the molecule is CN=C(NCc1ccc(CN2CCCC2)cc1)NCC1(c2ccc(F)cc2)CCOCC1.I. The minimum Gasteiger partial charge on any atom is -0.381 e. The van der Waals surface area contributed by atoms with Gasteiger partial charge in [-0.15, -0.1) is 24.0 Å². The fraction of sp³-hybridized carbons (Fsp3) is 0.500. The summed E-state index contributed by atoms with van der Waals surface area (Å²) in [6.45, 7) is 6.37. The molecule has 180 valence electrons. The highest BCUT2D eigenvalue weighted by molar-refractivity contribution is 14.0. The Kier molecular flexibility index (Phi) is 9.94. The largest absolute Gasteiger partial charge is 0.381 e. The molecule has 0 atom stereocenters. The van der Waals surface area contributed by atoms with Gasteiger partial charge in [0.25, 0.3) is 0 Å². The van der Waals surface area contributed by atoms with Crippen LogP contribution < -0.4 is 10.6 Å². The van der Waals surface area contributed by atoms with Crippen molar-refractivity contribution in [2.45, 2.75) is 44.2 Å². The van der Waals surface area contributed by atoms with Crippen LogP contribution in [0.5, 0.6) is 0 Å². The average molecular weight is 567 g/mol. The first kappa shape index (κ1) is 25.9. The molecule has 5 nitrogen and oxygen atoms in total. The molecule has 2 aromatic rings. The smallest absolute Gasteiger partial charge is 0.191 e. The van der Waals surface area contributed by atoms with E-state index in [9.17, 15) is 4.39 Å². The van der Waals surface area contributed by atoms with E-state index in [1.54, 1.807) is 19.2 Å². The number of guanidine groups is 1. The van der Waals surface area contributed by atoms with Crippen molar-refractivity contribution in [3.8, 4) is 0 Å². The molecule has 0 radical (unpaired) electrons. The molecule has 2 N–H and O–H groups in total. The molecule has 7 heteroatoms. The Morgan fingerprint density at radius 3 is 2.24 bits per heavy atom. The van der Waals surface area contributed by atoms with Gasteiger partial charge in [0.1, 0.15) is 5.82 Å². The lowest BCUT2D eigenvalue weighted by Crippen LogP contribution is -2.47. The molecule has 0 aliphatic carbocycles. The van der Waals surface area contributed by atoms with Crippen LogP contribution in [0.3, 0.4) is 0 Å². The van der Waals surface area contributed by atoms with Gasteiger partial charge in [-0.25, -0.2) is 4.39 Å². The van der Waals surface area contributed by atoms with Crippen molar-refractivity contribution in [3.63, 3.8) is 0 Å². The predicted octanol–water partition coefficient (Wildman–Crippen LogP) is 4.45. The van der Waals surface area contributed by atoms with Crippen LogP contribution in [0.25, 0.3) is 0 Å². The summed E-state index contributed by atoms with van der Waals surface area (Å²) in [5.74, 6) is 0.576.